The summed E-state index contributed by atoms with van der Waals surface area (Å²) in [5.41, 5.74) is 1.67. The first-order valence-electron chi connectivity index (χ1n) is 7.76. The van der Waals surface area contributed by atoms with Crippen LogP contribution in [0.15, 0.2) is 65.7 Å². The number of nitrogens with one attached hydrogen (secondary N) is 1. The van der Waals surface area contributed by atoms with E-state index in [1.807, 2.05) is 30.3 Å². The molecule has 0 aliphatic carbocycles. The Morgan fingerprint density at radius 2 is 1.77 bits per heavy atom. The predicted octanol–water partition coefficient (Wildman–Crippen LogP) is 1.41. The fourth-order valence-electron chi connectivity index (χ4n) is 2.35. The Balaban J connectivity index is 1.71. The van der Waals surface area contributed by atoms with Crippen molar-refractivity contribution < 1.29 is 13.2 Å². The SMILES string of the molecule is CC(NC(=O)c1cnn(-c2ccccc2)n1)c1ccc(S(N)(=O)=O)cc1. The van der Waals surface area contributed by atoms with E-state index in [0.717, 1.165) is 11.3 Å². The largest absolute Gasteiger partial charge is 0.344 e. The van der Waals surface area contributed by atoms with Gasteiger partial charge in [0, 0.05) is 0 Å². The third-order valence-corrected chi connectivity index (χ3v) is 4.70. The van der Waals surface area contributed by atoms with Gasteiger partial charge in [-0.05, 0) is 36.8 Å². The molecule has 0 aliphatic heterocycles. The van der Waals surface area contributed by atoms with Crippen LogP contribution in [0.4, 0.5) is 0 Å². The zero-order valence-electron chi connectivity index (χ0n) is 13.9. The maximum absolute atomic E-state index is 12.4. The lowest BCUT2D eigenvalue weighted by Crippen LogP contribution is -2.27. The highest BCUT2D eigenvalue weighted by molar-refractivity contribution is 7.89. The number of benzene rings is 2. The van der Waals surface area contributed by atoms with Gasteiger partial charge in [0.25, 0.3) is 5.91 Å². The molecule has 0 saturated carbocycles. The molecule has 8 nitrogen and oxygen atoms in total. The van der Waals surface area contributed by atoms with Crippen molar-refractivity contribution in [2.24, 2.45) is 5.14 Å². The number of primary sulfonamides is 1. The topological polar surface area (TPSA) is 120 Å². The van der Waals surface area contributed by atoms with Gasteiger partial charge in [0.1, 0.15) is 0 Å². The molecule has 9 heteroatoms. The number of sulfonamides is 1. The van der Waals surface area contributed by atoms with Gasteiger partial charge >= 0.3 is 0 Å². The minimum atomic E-state index is -3.74. The molecule has 1 unspecified atom stereocenters. The van der Waals surface area contributed by atoms with Crippen LogP contribution in [0.1, 0.15) is 29.0 Å². The molecular formula is C17H17N5O3S. The number of nitrogens with two attached hydrogens (primary N) is 1. The first-order valence-corrected chi connectivity index (χ1v) is 9.30. The molecule has 1 heterocycles. The van der Waals surface area contributed by atoms with Crippen molar-refractivity contribution in [2.75, 3.05) is 0 Å². The number of nitrogens with zero attached hydrogens (tertiary/aromatic N) is 3. The van der Waals surface area contributed by atoms with E-state index in [1.54, 1.807) is 19.1 Å². The molecule has 26 heavy (non-hydrogen) atoms. The first kappa shape index (κ1) is 17.8. The fraction of sp³-hybridized carbons (Fsp3) is 0.118. The highest BCUT2D eigenvalue weighted by Gasteiger charge is 2.16. The van der Waals surface area contributed by atoms with Crippen molar-refractivity contribution in [1.82, 2.24) is 20.3 Å². The van der Waals surface area contributed by atoms with Crippen LogP contribution in [0.25, 0.3) is 5.69 Å². The second-order valence-electron chi connectivity index (χ2n) is 5.66. The van der Waals surface area contributed by atoms with E-state index >= 15 is 0 Å². The number of amides is 1. The van der Waals surface area contributed by atoms with Gasteiger partial charge in [0.2, 0.25) is 10.0 Å². The molecule has 0 spiro atoms. The lowest BCUT2D eigenvalue weighted by Gasteiger charge is -2.13. The molecular weight excluding hydrogens is 354 g/mol. The van der Waals surface area contributed by atoms with Crippen LogP contribution in [0, 0.1) is 0 Å². The summed E-state index contributed by atoms with van der Waals surface area (Å²) in [6.07, 6.45) is 1.39. The predicted molar refractivity (Wildman–Crippen MR) is 95.1 cm³/mol. The Bertz CT molecular complexity index is 1010. The Kier molecular flexibility index (Phi) is 4.83. The van der Waals surface area contributed by atoms with Crippen LogP contribution in [0.2, 0.25) is 0 Å². The highest BCUT2D eigenvalue weighted by Crippen LogP contribution is 2.16. The zero-order chi connectivity index (χ0) is 18.7. The van der Waals surface area contributed by atoms with Gasteiger partial charge in [0.15, 0.2) is 5.69 Å². The molecule has 3 N–H and O–H groups in total. The van der Waals surface area contributed by atoms with E-state index in [1.165, 1.54) is 23.1 Å². The summed E-state index contributed by atoms with van der Waals surface area (Å²) in [5.74, 6) is -0.379. The first-order chi connectivity index (χ1) is 12.3. The van der Waals surface area contributed by atoms with Crippen molar-refractivity contribution in [2.45, 2.75) is 17.9 Å². The highest BCUT2D eigenvalue weighted by atomic mass is 32.2. The lowest BCUT2D eigenvalue weighted by atomic mass is 10.1. The van der Waals surface area contributed by atoms with Gasteiger partial charge in [0.05, 0.1) is 22.8 Å². The number of hydrogen-bond donors (Lipinski definition) is 2. The van der Waals surface area contributed by atoms with Gasteiger partial charge < -0.3 is 5.32 Å². The van der Waals surface area contributed by atoms with Crippen LogP contribution in [-0.2, 0) is 10.0 Å². The summed E-state index contributed by atoms with van der Waals surface area (Å²) in [6.45, 7) is 1.78. The summed E-state index contributed by atoms with van der Waals surface area (Å²) in [7, 11) is -3.74. The maximum Gasteiger partial charge on any atom is 0.273 e. The molecule has 2 aromatic carbocycles. The van der Waals surface area contributed by atoms with Gasteiger partial charge in [-0.3, -0.25) is 4.79 Å². The Hall–Kier alpha value is -3.04. The molecule has 0 fully saturated rings. The quantitative estimate of drug-likeness (QED) is 0.702. The van der Waals surface area contributed by atoms with Crippen LogP contribution >= 0.6 is 0 Å². The summed E-state index contributed by atoms with van der Waals surface area (Å²) in [6, 6.07) is 14.9. The molecule has 0 radical (unpaired) electrons. The smallest absolute Gasteiger partial charge is 0.273 e. The zero-order valence-corrected chi connectivity index (χ0v) is 14.7. The van der Waals surface area contributed by atoms with Crippen molar-refractivity contribution in [1.29, 1.82) is 0 Å². The molecule has 1 atom stereocenters. The summed E-state index contributed by atoms with van der Waals surface area (Å²) < 4.78 is 22.6. The fourth-order valence-corrected chi connectivity index (χ4v) is 2.87. The molecule has 0 saturated heterocycles. The maximum atomic E-state index is 12.4. The molecule has 3 rings (SSSR count). The number of rotatable bonds is 5. The van der Waals surface area contributed by atoms with Crippen molar-refractivity contribution in [3.63, 3.8) is 0 Å². The average molecular weight is 371 g/mol. The van der Waals surface area contributed by atoms with Gasteiger partial charge in [-0.1, -0.05) is 30.3 Å². The monoisotopic (exact) mass is 371 g/mol. The second-order valence-corrected chi connectivity index (χ2v) is 7.23. The van der Waals surface area contributed by atoms with Gasteiger partial charge in [-0.2, -0.15) is 9.90 Å². The van der Waals surface area contributed by atoms with E-state index in [-0.39, 0.29) is 22.5 Å². The van der Waals surface area contributed by atoms with Crippen molar-refractivity contribution >= 4 is 15.9 Å². The Morgan fingerprint density at radius 3 is 2.38 bits per heavy atom. The van der Waals surface area contributed by atoms with Crippen LogP contribution < -0.4 is 10.5 Å². The lowest BCUT2D eigenvalue weighted by molar-refractivity contribution is 0.0934. The van der Waals surface area contributed by atoms with E-state index in [4.69, 9.17) is 5.14 Å². The molecule has 1 amide bonds. The number of hydrogen-bond acceptors (Lipinski definition) is 5. The standard InChI is InChI=1S/C17H17N5O3S/c1-12(13-7-9-15(10-8-13)26(18,24)25)20-17(23)16-11-19-22(21-16)14-5-3-2-4-6-14/h2-12H,1H3,(H,20,23)(H2,18,24,25). The van der Waals surface area contributed by atoms with Crippen LogP contribution in [0.3, 0.4) is 0 Å². The average Bonchev–Trinajstić information content (AvgIpc) is 3.12. The Morgan fingerprint density at radius 1 is 1.12 bits per heavy atom. The van der Waals surface area contributed by atoms with E-state index in [9.17, 15) is 13.2 Å². The van der Waals surface area contributed by atoms with Crippen molar-refractivity contribution in [3.05, 3.63) is 72.1 Å². The Labute approximate surface area is 150 Å². The van der Waals surface area contributed by atoms with E-state index in [0.29, 0.717) is 0 Å². The second kappa shape index (κ2) is 7.06. The number of carbonyl (C=O) groups is 1. The van der Waals surface area contributed by atoms with Crippen molar-refractivity contribution in [3.8, 4) is 5.69 Å². The summed E-state index contributed by atoms with van der Waals surface area (Å²) in [4.78, 5) is 13.8. The van der Waals surface area contributed by atoms with Gasteiger partial charge in [-0.15, -0.1) is 5.10 Å². The van der Waals surface area contributed by atoms with E-state index in [2.05, 4.69) is 15.5 Å². The number of aromatic nitrogens is 3. The van der Waals surface area contributed by atoms with E-state index < -0.39 is 10.0 Å². The molecule has 0 bridgehead atoms. The molecule has 1 aromatic heterocycles. The van der Waals surface area contributed by atoms with Gasteiger partial charge in [-0.25, -0.2) is 13.6 Å². The minimum Gasteiger partial charge on any atom is -0.344 e. The van der Waals surface area contributed by atoms with Crippen LogP contribution in [0.5, 0.6) is 0 Å². The molecule has 0 aliphatic rings. The minimum absolute atomic E-state index is 0.0191. The third-order valence-electron chi connectivity index (χ3n) is 3.77. The number of carbonyl (C=O) groups excluding carboxylic acids is 1. The normalized spacial score (nSPS) is 12.5. The molecule has 134 valence electrons. The molecule has 3 aromatic rings. The summed E-state index contributed by atoms with van der Waals surface area (Å²) in [5, 5.41) is 16.1. The summed E-state index contributed by atoms with van der Waals surface area (Å²) >= 11 is 0. The van der Waals surface area contributed by atoms with Crippen LogP contribution in [-0.4, -0.2) is 29.3 Å². The third kappa shape index (κ3) is 3.95. The number of para-hydroxylation sites is 1.